The van der Waals surface area contributed by atoms with E-state index in [9.17, 15) is 10.1 Å². The number of pyridine rings is 1. The smallest absolute Gasteiger partial charge is 0.395 e. The van der Waals surface area contributed by atoms with E-state index in [0.29, 0.717) is 5.69 Å². The summed E-state index contributed by atoms with van der Waals surface area (Å²) >= 11 is 0. The summed E-state index contributed by atoms with van der Waals surface area (Å²) in [7, 11) is 3.13. The van der Waals surface area contributed by atoms with Crippen LogP contribution in [0.1, 0.15) is 23.4 Å². The molecule has 1 aliphatic rings. The highest BCUT2D eigenvalue weighted by atomic mass is 16.6. The molecule has 1 aromatic rings. The molecule has 7 heteroatoms. The molecule has 1 N–H and O–H groups in total. The normalized spacial score (nSPS) is 18.2. The van der Waals surface area contributed by atoms with Crippen LogP contribution in [0.25, 0.3) is 0 Å². The number of hydrogen-bond acceptors (Lipinski definition) is 5. The van der Waals surface area contributed by atoms with Gasteiger partial charge in [0.1, 0.15) is 5.69 Å². The van der Waals surface area contributed by atoms with Crippen LogP contribution in [-0.2, 0) is 17.5 Å². The third-order valence-electron chi connectivity index (χ3n) is 3.17. The molecular weight excluding hydrogens is 233 g/mol. The van der Waals surface area contributed by atoms with Crippen molar-refractivity contribution in [3.63, 3.8) is 0 Å². The molecule has 1 atom stereocenters. The number of aromatic nitrogens is 1. The maximum Gasteiger partial charge on any atom is 0.395 e. The molecule has 0 spiro atoms. The molecule has 1 radical (unpaired) electrons. The Morgan fingerprint density at radius 2 is 2.44 bits per heavy atom. The van der Waals surface area contributed by atoms with Crippen LogP contribution in [-0.4, -0.2) is 30.7 Å². The molecule has 1 aliphatic carbocycles. The zero-order valence-electron chi connectivity index (χ0n) is 10.5. The van der Waals surface area contributed by atoms with E-state index in [4.69, 9.17) is 4.65 Å². The molecule has 2 rings (SSSR count). The minimum absolute atomic E-state index is 0.102. The van der Waals surface area contributed by atoms with Crippen LogP contribution in [0.3, 0.4) is 0 Å². The van der Waals surface area contributed by atoms with E-state index in [0.717, 1.165) is 30.5 Å². The molecule has 0 fully saturated rings. The Morgan fingerprint density at radius 1 is 1.67 bits per heavy atom. The summed E-state index contributed by atoms with van der Waals surface area (Å²) < 4.78 is 4.85. The number of nitrogens with zero attached hydrogens (tertiary/aromatic N) is 2. The fraction of sp³-hybridized carbons (Fsp3) is 0.545. The van der Waals surface area contributed by atoms with Crippen molar-refractivity contribution >= 4 is 13.3 Å². The third-order valence-corrected chi connectivity index (χ3v) is 3.17. The van der Waals surface area contributed by atoms with Gasteiger partial charge in [-0.15, -0.1) is 0 Å². The zero-order valence-corrected chi connectivity index (χ0v) is 10.5. The van der Waals surface area contributed by atoms with Gasteiger partial charge < -0.3 is 9.88 Å². The van der Waals surface area contributed by atoms with Crippen molar-refractivity contribution < 1.29 is 9.58 Å². The lowest BCUT2D eigenvalue weighted by atomic mass is 9.90. The lowest BCUT2D eigenvalue weighted by Crippen LogP contribution is -2.38. The maximum atomic E-state index is 10.9. The van der Waals surface area contributed by atoms with Crippen LogP contribution >= 0.6 is 0 Å². The van der Waals surface area contributed by atoms with Crippen LogP contribution in [0.5, 0.6) is 0 Å². The van der Waals surface area contributed by atoms with E-state index in [1.807, 2.05) is 0 Å². The summed E-state index contributed by atoms with van der Waals surface area (Å²) in [5, 5.41) is 14.0. The van der Waals surface area contributed by atoms with Crippen molar-refractivity contribution in [2.75, 3.05) is 7.11 Å². The number of aryl methyl sites for hydroxylation is 2. The van der Waals surface area contributed by atoms with E-state index >= 15 is 0 Å². The standard InChI is InChI=1S/C11H15BN3O3/c1-7-11(15(16)17)6-8-5-9(14-12-18-2)3-4-10(8)13-7/h6,9,14H,3-5H2,1-2H3. The SMILES string of the molecule is CO[B]NC1CCc2nc(C)c([N+](=O)[O-])cc2C1. The van der Waals surface area contributed by atoms with Gasteiger partial charge in [0.05, 0.1) is 4.92 Å². The lowest BCUT2D eigenvalue weighted by molar-refractivity contribution is -0.385. The predicted molar refractivity (Wildman–Crippen MR) is 67.3 cm³/mol. The van der Waals surface area contributed by atoms with E-state index in [2.05, 4.69) is 10.2 Å². The Labute approximate surface area is 106 Å². The van der Waals surface area contributed by atoms with E-state index in [-0.39, 0.29) is 16.7 Å². The summed E-state index contributed by atoms with van der Waals surface area (Å²) in [4.78, 5) is 14.8. The summed E-state index contributed by atoms with van der Waals surface area (Å²) in [6.07, 6.45) is 2.53. The molecular formula is C11H15BN3O3. The van der Waals surface area contributed by atoms with Gasteiger partial charge in [-0.1, -0.05) is 0 Å². The monoisotopic (exact) mass is 248 g/mol. The Bertz CT molecular complexity index is 467. The number of nitrogens with one attached hydrogen (secondary N) is 1. The van der Waals surface area contributed by atoms with Gasteiger partial charge in [0.15, 0.2) is 0 Å². The molecule has 95 valence electrons. The molecule has 1 unspecified atom stereocenters. The van der Waals surface area contributed by atoms with Gasteiger partial charge in [-0.25, -0.2) is 0 Å². The van der Waals surface area contributed by atoms with Gasteiger partial charge in [0.25, 0.3) is 5.69 Å². The van der Waals surface area contributed by atoms with Crippen molar-refractivity contribution in [2.24, 2.45) is 0 Å². The quantitative estimate of drug-likeness (QED) is 0.487. The molecule has 0 aromatic carbocycles. The first kappa shape index (κ1) is 13.0. The summed E-state index contributed by atoms with van der Waals surface area (Å²) in [5.74, 6) is 0. The average Bonchev–Trinajstić information content (AvgIpc) is 2.35. The second-order valence-electron chi connectivity index (χ2n) is 4.42. The molecule has 6 nitrogen and oxygen atoms in total. The van der Waals surface area contributed by atoms with E-state index in [1.165, 1.54) is 0 Å². The predicted octanol–water partition coefficient (Wildman–Crippen LogP) is 0.926. The Morgan fingerprint density at radius 3 is 3.11 bits per heavy atom. The minimum Gasteiger partial charge on any atom is -0.427 e. The highest BCUT2D eigenvalue weighted by Gasteiger charge is 2.23. The summed E-state index contributed by atoms with van der Waals surface area (Å²) in [6, 6.07) is 1.90. The van der Waals surface area contributed by atoms with Crippen LogP contribution in [0.2, 0.25) is 0 Å². The Balaban J connectivity index is 2.20. The van der Waals surface area contributed by atoms with E-state index in [1.54, 1.807) is 27.7 Å². The minimum atomic E-state index is -0.374. The number of fused-ring (bicyclic) bond motifs is 1. The Hall–Kier alpha value is -1.47. The van der Waals surface area contributed by atoms with Crippen molar-refractivity contribution in [1.82, 2.24) is 10.2 Å². The van der Waals surface area contributed by atoms with Gasteiger partial charge in [-0.2, -0.15) is 0 Å². The molecule has 0 amide bonds. The Kier molecular flexibility index (Phi) is 3.93. The van der Waals surface area contributed by atoms with Gasteiger partial charge in [0.2, 0.25) is 0 Å². The summed E-state index contributed by atoms with van der Waals surface area (Å²) in [5.41, 5.74) is 2.54. The molecule has 1 heterocycles. The van der Waals surface area contributed by atoms with Gasteiger partial charge in [-0.3, -0.25) is 15.1 Å². The first-order valence-electron chi connectivity index (χ1n) is 5.86. The van der Waals surface area contributed by atoms with E-state index < -0.39 is 0 Å². The average molecular weight is 248 g/mol. The molecule has 0 bridgehead atoms. The van der Waals surface area contributed by atoms with Crippen LogP contribution < -0.4 is 5.23 Å². The number of nitro groups is 1. The highest BCUT2D eigenvalue weighted by molar-refractivity contribution is 6.23. The third kappa shape index (κ3) is 2.68. The second-order valence-corrected chi connectivity index (χ2v) is 4.42. The van der Waals surface area contributed by atoms with Gasteiger partial charge in [0, 0.05) is 24.9 Å². The summed E-state index contributed by atoms with van der Waals surface area (Å²) in [6.45, 7) is 1.68. The number of rotatable bonds is 4. The molecule has 0 aliphatic heterocycles. The lowest BCUT2D eigenvalue weighted by Gasteiger charge is -2.24. The van der Waals surface area contributed by atoms with Crippen molar-refractivity contribution in [1.29, 1.82) is 0 Å². The zero-order chi connectivity index (χ0) is 13.1. The molecule has 0 saturated heterocycles. The maximum absolute atomic E-state index is 10.9. The first-order chi connectivity index (χ1) is 8.61. The van der Waals surface area contributed by atoms with Crippen molar-refractivity contribution in [3.8, 4) is 0 Å². The molecule has 18 heavy (non-hydrogen) atoms. The fourth-order valence-corrected chi connectivity index (χ4v) is 2.25. The van der Waals surface area contributed by atoms with Crippen LogP contribution in [0, 0.1) is 17.0 Å². The van der Waals surface area contributed by atoms with Crippen LogP contribution in [0.15, 0.2) is 6.07 Å². The first-order valence-corrected chi connectivity index (χ1v) is 5.86. The van der Waals surface area contributed by atoms with Gasteiger partial charge >= 0.3 is 7.62 Å². The largest absolute Gasteiger partial charge is 0.427 e. The number of hydrogen-bond donors (Lipinski definition) is 1. The second kappa shape index (κ2) is 5.45. The molecule has 0 saturated carbocycles. The topological polar surface area (TPSA) is 77.3 Å². The van der Waals surface area contributed by atoms with Gasteiger partial charge in [-0.05, 0) is 31.7 Å². The highest BCUT2D eigenvalue weighted by Crippen LogP contribution is 2.26. The van der Waals surface area contributed by atoms with Crippen molar-refractivity contribution in [2.45, 2.75) is 32.2 Å². The van der Waals surface area contributed by atoms with Crippen molar-refractivity contribution in [3.05, 3.63) is 33.1 Å². The molecule has 1 aromatic heterocycles. The fourth-order valence-electron chi connectivity index (χ4n) is 2.25. The van der Waals surface area contributed by atoms with Crippen LogP contribution in [0.4, 0.5) is 5.69 Å².